The average molecular weight is 320 g/mol. The lowest BCUT2D eigenvalue weighted by Gasteiger charge is -2.29. The molecular weight excluding hydrogens is 292 g/mol. The van der Waals surface area contributed by atoms with Gasteiger partial charge in [-0.15, -0.1) is 0 Å². The Morgan fingerprint density at radius 2 is 2.00 bits per heavy atom. The zero-order chi connectivity index (χ0) is 16.6. The van der Waals surface area contributed by atoms with Crippen molar-refractivity contribution < 1.29 is 9.53 Å². The third-order valence-corrected chi connectivity index (χ3v) is 5.22. The quantitative estimate of drug-likeness (QED) is 0.825. The topological polar surface area (TPSA) is 50.6 Å². The Labute approximate surface area is 138 Å². The lowest BCUT2D eigenvalue weighted by molar-refractivity contribution is -0.133. The second-order valence-electron chi connectivity index (χ2n) is 7.10. The average Bonchev–Trinajstić information content (AvgIpc) is 2.65. The van der Waals surface area contributed by atoms with E-state index in [0.717, 1.165) is 44.0 Å². The van der Waals surface area contributed by atoms with E-state index in [1.54, 1.807) is 0 Å². The normalized spacial score (nSPS) is 25.5. The van der Waals surface area contributed by atoms with Crippen LogP contribution in [0.25, 0.3) is 0 Å². The highest BCUT2D eigenvalue weighted by Crippen LogP contribution is 2.21. The molecule has 1 aromatic rings. The summed E-state index contributed by atoms with van der Waals surface area (Å²) in [6, 6.07) is 0.191. The molecule has 23 heavy (non-hydrogen) atoms. The molecule has 128 valence electrons. The molecule has 2 atom stereocenters. The largest absolute Gasteiger partial charge is 0.379 e. The number of fused-ring (bicyclic) bond motifs is 3. The first-order chi connectivity index (χ1) is 11.0. The van der Waals surface area contributed by atoms with Crippen LogP contribution in [0, 0.1) is 19.8 Å². The van der Waals surface area contributed by atoms with E-state index in [-0.39, 0.29) is 11.9 Å². The van der Waals surface area contributed by atoms with Gasteiger partial charge in [-0.2, -0.15) is 5.10 Å². The van der Waals surface area contributed by atoms with Gasteiger partial charge in [0.25, 0.3) is 0 Å². The second-order valence-corrected chi connectivity index (χ2v) is 7.10. The summed E-state index contributed by atoms with van der Waals surface area (Å²) in [4.78, 5) is 17.2. The van der Waals surface area contributed by atoms with Gasteiger partial charge in [-0.05, 0) is 32.9 Å². The van der Waals surface area contributed by atoms with Gasteiger partial charge in [-0.1, -0.05) is 0 Å². The van der Waals surface area contributed by atoms with Gasteiger partial charge in [0.1, 0.15) is 0 Å². The summed E-state index contributed by atoms with van der Waals surface area (Å²) >= 11 is 0. The molecule has 0 spiro atoms. The zero-order valence-electron chi connectivity index (χ0n) is 14.7. The molecule has 2 saturated heterocycles. The first kappa shape index (κ1) is 16.5. The van der Waals surface area contributed by atoms with Gasteiger partial charge >= 0.3 is 0 Å². The fourth-order valence-electron chi connectivity index (χ4n) is 3.94. The first-order valence-corrected chi connectivity index (χ1v) is 8.50. The Hall–Kier alpha value is -1.40. The summed E-state index contributed by atoms with van der Waals surface area (Å²) in [5.41, 5.74) is 3.41. The van der Waals surface area contributed by atoms with Crippen molar-refractivity contribution in [2.24, 2.45) is 13.0 Å². The molecule has 6 heteroatoms. The number of nitrogens with zero attached hydrogens (tertiary/aromatic N) is 4. The molecule has 2 bridgehead atoms. The minimum Gasteiger partial charge on any atom is -0.379 e. The van der Waals surface area contributed by atoms with E-state index in [2.05, 4.69) is 28.9 Å². The summed E-state index contributed by atoms with van der Waals surface area (Å²) in [6.07, 6.45) is 1.33. The molecule has 1 amide bonds. The van der Waals surface area contributed by atoms with Crippen LogP contribution in [0.15, 0.2) is 0 Å². The number of ether oxygens (including phenoxy) is 1. The molecule has 6 nitrogen and oxygen atoms in total. The lowest BCUT2D eigenvalue weighted by Crippen LogP contribution is -2.46. The second kappa shape index (κ2) is 6.61. The van der Waals surface area contributed by atoms with Crippen LogP contribution in [0.4, 0.5) is 0 Å². The third kappa shape index (κ3) is 3.43. The van der Waals surface area contributed by atoms with Crippen LogP contribution < -0.4 is 0 Å². The Balaban J connectivity index is 1.68. The predicted octanol–water partition coefficient (Wildman–Crippen LogP) is 0.759. The number of hydrogen-bond donors (Lipinski definition) is 0. The molecule has 0 aliphatic carbocycles. The van der Waals surface area contributed by atoms with Gasteiger partial charge in [0.2, 0.25) is 5.91 Å². The Kier molecular flexibility index (Phi) is 4.73. The number of likely N-dealkylation sites (N-methyl/N-ethyl adjacent to an activating group) is 1. The third-order valence-electron chi connectivity index (χ3n) is 5.22. The molecule has 0 unspecified atom stereocenters. The Morgan fingerprint density at radius 3 is 2.70 bits per heavy atom. The number of amides is 1. The van der Waals surface area contributed by atoms with Gasteiger partial charge in [-0.25, -0.2) is 0 Å². The molecule has 0 saturated carbocycles. The summed E-state index contributed by atoms with van der Waals surface area (Å²) in [5, 5.41) is 4.44. The lowest BCUT2D eigenvalue weighted by atomic mass is 10.1. The van der Waals surface area contributed by atoms with Gasteiger partial charge < -0.3 is 14.5 Å². The maximum Gasteiger partial charge on any atom is 0.223 e. The van der Waals surface area contributed by atoms with Crippen molar-refractivity contribution in [2.45, 2.75) is 32.7 Å². The van der Waals surface area contributed by atoms with E-state index in [0.29, 0.717) is 18.9 Å². The van der Waals surface area contributed by atoms with Gasteiger partial charge in [0.15, 0.2) is 0 Å². The standard InChI is InChI=1S/C17H28N4O2/c1-12-16(13(2)20(4)18-12)5-6-17(22)21-8-14-7-19(3)9-15(21)11-23-10-14/h14-15H,5-11H2,1-4H3/t14-,15-/m0/s1. The molecule has 1 aromatic heterocycles. The number of carbonyl (C=O) groups is 1. The fraction of sp³-hybridized carbons (Fsp3) is 0.765. The highest BCUT2D eigenvalue weighted by atomic mass is 16.5. The van der Waals surface area contributed by atoms with Crippen LogP contribution in [0.5, 0.6) is 0 Å². The van der Waals surface area contributed by atoms with Gasteiger partial charge in [-0.3, -0.25) is 9.48 Å². The molecule has 0 radical (unpaired) electrons. The maximum absolute atomic E-state index is 12.8. The van der Waals surface area contributed by atoms with E-state index in [1.807, 2.05) is 18.7 Å². The summed E-state index contributed by atoms with van der Waals surface area (Å²) < 4.78 is 7.66. The van der Waals surface area contributed by atoms with Crippen LogP contribution in [-0.2, 0) is 23.0 Å². The Bertz CT molecular complexity index is 583. The molecule has 0 aromatic carbocycles. The monoisotopic (exact) mass is 320 g/mol. The molecule has 0 N–H and O–H groups in total. The first-order valence-electron chi connectivity index (χ1n) is 8.50. The number of aryl methyl sites for hydroxylation is 2. The van der Waals surface area contributed by atoms with Crippen LogP contribution in [-0.4, -0.2) is 71.4 Å². The predicted molar refractivity (Wildman–Crippen MR) is 88.3 cm³/mol. The molecule has 2 aliphatic heterocycles. The van der Waals surface area contributed by atoms with Crippen LogP contribution in [0.3, 0.4) is 0 Å². The van der Waals surface area contributed by atoms with Crippen LogP contribution >= 0.6 is 0 Å². The van der Waals surface area contributed by atoms with E-state index in [9.17, 15) is 4.79 Å². The van der Waals surface area contributed by atoms with Crippen molar-refractivity contribution in [2.75, 3.05) is 39.9 Å². The minimum absolute atomic E-state index is 0.191. The SMILES string of the molecule is Cc1nn(C)c(C)c1CCC(=O)N1C[C@H]2COC[C@@H]1CN(C)C2. The zero-order valence-corrected chi connectivity index (χ0v) is 14.7. The van der Waals surface area contributed by atoms with E-state index < -0.39 is 0 Å². The van der Waals surface area contributed by atoms with Crippen molar-refractivity contribution in [3.63, 3.8) is 0 Å². The maximum atomic E-state index is 12.8. The number of hydrogen-bond acceptors (Lipinski definition) is 4. The summed E-state index contributed by atoms with van der Waals surface area (Å²) in [6.45, 7) is 8.28. The Morgan fingerprint density at radius 1 is 1.22 bits per heavy atom. The van der Waals surface area contributed by atoms with Gasteiger partial charge in [0.05, 0.1) is 24.9 Å². The molecule has 3 heterocycles. The van der Waals surface area contributed by atoms with Crippen molar-refractivity contribution >= 4 is 5.91 Å². The fourth-order valence-corrected chi connectivity index (χ4v) is 3.94. The van der Waals surface area contributed by atoms with Crippen molar-refractivity contribution in [1.29, 1.82) is 0 Å². The van der Waals surface area contributed by atoms with Crippen molar-refractivity contribution in [3.05, 3.63) is 17.0 Å². The number of rotatable bonds is 3. The van der Waals surface area contributed by atoms with Crippen LogP contribution in [0.1, 0.15) is 23.4 Å². The summed E-state index contributed by atoms with van der Waals surface area (Å²) in [7, 11) is 4.10. The van der Waals surface area contributed by atoms with Gasteiger partial charge in [0, 0.05) is 44.7 Å². The molecule has 3 rings (SSSR count). The van der Waals surface area contributed by atoms with E-state index in [1.165, 1.54) is 5.56 Å². The summed E-state index contributed by atoms with van der Waals surface area (Å²) in [5.74, 6) is 0.682. The minimum atomic E-state index is 0.191. The smallest absolute Gasteiger partial charge is 0.223 e. The van der Waals surface area contributed by atoms with Crippen molar-refractivity contribution in [3.8, 4) is 0 Å². The highest BCUT2D eigenvalue weighted by molar-refractivity contribution is 5.77. The van der Waals surface area contributed by atoms with E-state index in [4.69, 9.17) is 4.74 Å². The highest BCUT2D eigenvalue weighted by Gasteiger charge is 2.34. The number of carbonyl (C=O) groups excluding carboxylic acids is 1. The number of aromatic nitrogens is 2. The van der Waals surface area contributed by atoms with E-state index >= 15 is 0 Å². The molecule has 2 aliphatic rings. The van der Waals surface area contributed by atoms with Crippen molar-refractivity contribution in [1.82, 2.24) is 19.6 Å². The molecule has 2 fully saturated rings. The van der Waals surface area contributed by atoms with Crippen LogP contribution in [0.2, 0.25) is 0 Å². The molecular formula is C17H28N4O2.